The van der Waals surface area contributed by atoms with Crippen LogP contribution >= 0.6 is 11.6 Å². The number of benzene rings is 2. The lowest BCUT2D eigenvalue weighted by Gasteiger charge is -2.25. The van der Waals surface area contributed by atoms with E-state index >= 15 is 0 Å². The van der Waals surface area contributed by atoms with E-state index in [0.29, 0.717) is 10.7 Å². The molecular weight excluding hydrogens is 318 g/mol. The van der Waals surface area contributed by atoms with E-state index in [1.54, 1.807) is 48.5 Å². The normalized spacial score (nSPS) is 11.2. The Morgan fingerprint density at radius 3 is 2.32 bits per heavy atom. The minimum atomic E-state index is -3.65. The number of aryl methyl sites for hydroxylation is 2. The molecule has 0 aliphatic heterocycles. The van der Waals surface area contributed by atoms with Gasteiger partial charge in [0.2, 0.25) is 0 Å². The first-order chi connectivity index (χ1) is 10.4. The molecular formula is C17H18ClNO2S. The van der Waals surface area contributed by atoms with Crippen LogP contribution in [0.5, 0.6) is 0 Å². The molecule has 0 saturated heterocycles. The van der Waals surface area contributed by atoms with Crippen molar-refractivity contribution in [2.24, 2.45) is 0 Å². The quantitative estimate of drug-likeness (QED) is 0.762. The molecule has 0 aliphatic rings. The second-order valence-electron chi connectivity index (χ2n) is 5.07. The highest BCUT2D eigenvalue weighted by Crippen LogP contribution is 2.28. The van der Waals surface area contributed by atoms with Crippen LogP contribution in [0.25, 0.3) is 0 Å². The molecule has 0 heterocycles. The third-order valence-electron chi connectivity index (χ3n) is 3.33. The lowest BCUT2D eigenvalue weighted by molar-refractivity contribution is 0.592. The van der Waals surface area contributed by atoms with Gasteiger partial charge in [-0.2, -0.15) is 0 Å². The van der Waals surface area contributed by atoms with Crippen molar-refractivity contribution in [2.75, 3.05) is 10.8 Å². The smallest absolute Gasteiger partial charge is 0.262 e. The molecule has 2 aromatic rings. The van der Waals surface area contributed by atoms with Crippen LogP contribution in [0.2, 0.25) is 5.02 Å². The maximum atomic E-state index is 12.9. The van der Waals surface area contributed by atoms with Crippen molar-refractivity contribution in [2.45, 2.75) is 18.7 Å². The summed E-state index contributed by atoms with van der Waals surface area (Å²) < 4.78 is 27.2. The molecule has 0 radical (unpaired) electrons. The molecule has 0 spiro atoms. The van der Waals surface area contributed by atoms with Crippen molar-refractivity contribution >= 4 is 27.3 Å². The Bertz CT molecular complexity index is 783. The van der Waals surface area contributed by atoms with Crippen LogP contribution < -0.4 is 4.31 Å². The highest BCUT2D eigenvalue weighted by Gasteiger charge is 2.25. The van der Waals surface area contributed by atoms with Crippen LogP contribution in [-0.2, 0) is 10.0 Å². The van der Waals surface area contributed by atoms with Crippen LogP contribution in [0.15, 0.2) is 60.0 Å². The third-order valence-corrected chi connectivity index (χ3v) is 5.36. The fraction of sp³-hybridized carbons (Fsp3) is 0.176. The number of halogens is 1. The first kappa shape index (κ1) is 16.6. The number of hydrogen-bond acceptors (Lipinski definition) is 2. The molecule has 0 aromatic heterocycles. The topological polar surface area (TPSA) is 37.4 Å². The molecule has 0 aliphatic carbocycles. The van der Waals surface area contributed by atoms with Crippen LogP contribution in [0.3, 0.4) is 0 Å². The summed E-state index contributed by atoms with van der Waals surface area (Å²) in [5, 5.41) is 0.576. The summed E-state index contributed by atoms with van der Waals surface area (Å²) in [6.07, 6.45) is 1.57. The van der Waals surface area contributed by atoms with Crippen LogP contribution in [-0.4, -0.2) is 15.0 Å². The van der Waals surface area contributed by atoms with Gasteiger partial charge < -0.3 is 0 Å². The molecule has 0 unspecified atom stereocenters. The minimum absolute atomic E-state index is 0.193. The summed E-state index contributed by atoms with van der Waals surface area (Å²) in [6.45, 7) is 7.61. The molecule has 0 saturated carbocycles. The molecule has 0 atom stereocenters. The van der Waals surface area contributed by atoms with Gasteiger partial charge in [-0.05, 0) is 49.7 Å². The van der Waals surface area contributed by atoms with E-state index in [-0.39, 0.29) is 11.4 Å². The summed E-state index contributed by atoms with van der Waals surface area (Å²) in [5.74, 6) is 0. The Morgan fingerprint density at radius 2 is 1.77 bits per heavy atom. The maximum Gasteiger partial charge on any atom is 0.264 e. The number of rotatable bonds is 5. The maximum absolute atomic E-state index is 12.9. The second-order valence-corrected chi connectivity index (χ2v) is 7.37. The predicted octanol–water partition coefficient (Wildman–Crippen LogP) is 4.34. The first-order valence-corrected chi connectivity index (χ1v) is 8.64. The Kier molecular flexibility index (Phi) is 4.94. The van der Waals surface area contributed by atoms with Crippen molar-refractivity contribution < 1.29 is 8.42 Å². The van der Waals surface area contributed by atoms with Crippen molar-refractivity contribution in [3.8, 4) is 0 Å². The molecule has 3 nitrogen and oxygen atoms in total. The van der Waals surface area contributed by atoms with E-state index in [1.165, 1.54) is 4.31 Å². The van der Waals surface area contributed by atoms with Crippen molar-refractivity contribution in [3.63, 3.8) is 0 Å². The van der Waals surface area contributed by atoms with Gasteiger partial charge in [0.1, 0.15) is 0 Å². The zero-order valence-corrected chi connectivity index (χ0v) is 14.2. The Balaban J connectivity index is 2.55. The number of hydrogen-bond donors (Lipinski definition) is 0. The SMILES string of the molecule is C=CCN(c1ccc(Cl)cc1C)S(=O)(=O)c1ccc(C)cc1. The van der Waals surface area contributed by atoms with Gasteiger partial charge in [0.15, 0.2) is 0 Å². The van der Waals surface area contributed by atoms with E-state index < -0.39 is 10.0 Å². The molecule has 5 heteroatoms. The Hall–Kier alpha value is -1.78. The Morgan fingerprint density at radius 1 is 1.14 bits per heavy atom. The third kappa shape index (κ3) is 3.34. The highest BCUT2D eigenvalue weighted by molar-refractivity contribution is 7.92. The number of nitrogens with zero attached hydrogens (tertiary/aromatic N) is 1. The summed E-state index contributed by atoms with van der Waals surface area (Å²) >= 11 is 5.96. The van der Waals surface area contributed by atoms with Crippen LogP contribution in [0.1, 0.15) is 11.1 Å². The van der Waals surface area contributed by atoms with Gasteiger partial charge in [0.05, 0.1) is 17.1 Å². The van der Waals surface area contributed by atoms with Crippen LogP contribution in [0, 0.1) is 13.8 Å². The standard InChI is InChI=1S/C17H18ClNO2S/c1-4-11-19(17-10-7-15(18)12-14(17)3)22(20,21)16-8-5-13(2)6-9-16/h4-10,12H,1,11H2,2-3H3. The fourth-order valence-corrected chi connectivity index (χ4v) is 3.91. The zero-order chi connectivity index (χ0) is 16.3. The fourth-order valence-electron chi connectivity index (χ4n) is 2.18. The van der Waals surface area contributed by atoms with Crippen molar-refractivity contribution in [1.82, 2.24) is 0 Å². The summed E-state index contributed by atoms with van der Waals surface area (Å²) in [5.41, 5.74) is 2.41. The summed E-state index contributed by atoms with van der Waals surface area (Å²) in [4.78, 5) is 0.259. The molecule has 116 valence electrons. The van der Waals surface area contributed by atoms with Gasteiger partial charge in [0, 0.05) is 5.02 Å². The van der Waals surface area contributed by atoms with Gasteiger partial charge in [-0.3, -0.25) is 4.31 Å². The average molecular weight is 336 g/mol. The minimum Gasteiger partial charge on any atom is -0.262 e. The molecule has 2 aromatic carbocycles. The Labute approximate surface area is 136 Å². The second kappa shape index (κ2) is 6.55. The number of sulfonamides is 1. The average Bonchev–Trinajstić information content (AvgIpc) is 2.46. The van der Waals surface area contributed by atoms with Gasteiger partial charge in [0.25, 0.3) is 10.0 Å². The van der Waals surface area contributed by atoms with E-state index in [9.17, 15) is 8.42 Å². The molecule has 2 rings (SSSR count). The molecule has 0 amide bonds. The van der Waals surface area contributed by atoms with Crippen LogP contribution in [0.4, 0.5) is 5.69 Å². The lowest BCUT2D eigenvalue weighted by Crippen LogP contribution is -2.31. The van der Waals surface area contributed by atoms with E-state index in [2.05, 4.69) is 6.58 Å². The van der Waals surface area contributed by atoms with Gasteiger partial charge in [-0.15, -0.1) is 6.58 Å². The largest absolute Gasteiger partial charge is 0.264 e. The number of anilines is 1. The molecule has 0 N–H and O–H groups in total. The monoisotopic (exact) mass is 335 g/mol. The lowest BCUT2D eigenvalue weighted by atomic mass is 10.2. The first-order valence-electron chi connectivity index (χ1n) is 6.82. The van der Waals surface area contributed by atoms with Crippen molar-refractivity contribution in [1.29, 1.82) is 0 Å². The summed E-state index contributed by atoms with van der Waals surface area (Å²) in [6, 6.07) is 12.0. The molecule has 22 heavy (non-hydrogen) atoms. The van der Waals surface area contributed by atoms with E-state index in [4.69, 9.17) is 11.6 Å². The molecule has 0 fully saturated rings. The van der Waals surface area contributed by atoms with Gasteiger partial charge >= 0.3 is 0 Å². The molecule has 0 bridgehead atoms. The highest BCUT2D eigenvalue weighted by atomic mass is 35.5. The van der Waals surface area contributed by atoms with E-state index in [1.807, 2.05) is 13.8 Å². The van der Waals surface area contributed by atoms with Gasteiger partial charge in [-0.1, -0.05) is 35.4 Å². The summed E-state index contributed by atoms with van der Waals surface area (Å²) in [7, 11) is -3.65. The van der Waals surface area contributed by atoms with Crippen molar-refractivity contribution in [3.05, 3.63) is 71.3 Å². The van der Waals surface area contributed by atoms with E-state index in [0.717, 1.165) is 11.1 Å². The predicted molar refractivity (Wildman–Crippen MR) is 92.1 cm³/mol. The zero-order valence-electron chi connectivity index (χ0n) is 12.6. The van der Waals surface area contributed by atoms with Gasteiger partial charge in [-0.25, -0.2) is 8.42 Å².